The van der Waals surface area contributed by atoms with Crippen LogP contribution >= 0.6 is 0 Å². The first-order valence-electron chi connectivity index (χ1n) is 9.94. The highest BCUT2D eigenvalue weighted by atomic mass is 15.4. The maximum atomic E-state index is 4.97. The summed E-state index contributed by atoms with van der Waals surface area (Å²) in [5, 5.41) is 4.59. The molecule has 0 aliphatic rings. The van der Waals surface area contributed by atoms with Crippen LogP contribution in [0.1, 0.15) is 0 Å². The lowest BCUT2D eigenvalue weighted by atomic mass is 10.1. The monoisotopic (exact) mass is 386 g/mol. The third kappa shape index (κ3) is 2.70. The summed E-state index contributed by atoms with van der Waals surface area (Å²) in [4.78, 5) is 9.71. The molecule has 0 atom stereocenters. The Balaban J connectivity index is 1.66. The highest BCUT2D eigenvalue weighted by Gasteiger charge is 2.17. The fraction of sp³-hybridized carbons (Fsp3) is 0. The fourth-order valence-corrected chi connectivity index (χ4v) is 3.97. The highest BCUT2D eigenvalue weighted by Crippen LogP contribution is 2.31. The van der Waals surface area contributed by atoms with Crippen molar-refractivity contribution in [3.63, 3.8) is 0 Å². The summed E-state index contributed by atoms with van der Waals surface area (Å²) >= 11 is 0. The lowest BCUT2D eigenvalue weighted by Gasteiger charge is -2.13. The van der Waals surface area contributed by atoms with Gasteiger partial charge in [0.25, 0.3) is 0 Å². The van der Waals surface area contributed by atoms with Crippen molar-refractivity contribution in [2.45, 2.75) is 0 Å². The molecular formula is C26H18N4. The first kappa shape index (κ1) is 16.7. The lowest BCUT2D eigenvalue weighted by molar-refractivity contribution is 0.993. The van der Waals surface area contributed by atoms with Gasteiger partial charge in [-0.05, 0) is 35.0 Å². The molecule has 30 heavy (non-hydrogen) atoms. The molecule has 0 aliphatic carbocycles. The van der Waals surface area contributed by atoms with E-state index in [-0.39, 0.29) is 0 Å². The molecule has 6 aromatic rings. The number of anilines is 1. The molecule has 0 unspecified atom stereocenters. The van der Waals surface area contributed by atoms with Crippen molar-refractivity contribution in [3.8, 4) is 11.5 Å². The first-order valence-corrected chi connectivity index (χ1v) is 9.94. The molecule has 1 N–H and O–H groups in total. The molecule has 0 aliphatic heterocycles. The Hall–Kier alpha value is -4.18. The van der Waals surface area contributed by atoms with Crippen LogP contribution in [0.3, 0.4) is 0 Å². The van der Waals surface area contributed by atoms with Crippen molar-refractivity contribution in [2.75, 3.05) is 5.43 Å². The number of hydrogen-bond acceptors (Lipinski definition) is 3. The maximum absolute atomic E-state index is 4.97. The van der Waals surface area contributed by atoms with Crippen molar-refractivity contribution in [2.24, 2.45) is 0 Å². The Kier molecular flexibility index (Phi) is 3.74. The third-order valence-electron chi connectivity index (χ3n) is 5.42. The van der Waals surface area contributed by atoms with E-state index < -0.39 is 0 Å². The molecule has 0 bridgehead atoms. The van der Waals surface area contributed by atoms with Crippen LogP contribution in [0, 0.1) is 0 Å². The van der Waals surface area contributed by atoms with E-state index in [1.807, 2.05) is 36.5 Å². The van der Waals surface area contributed by atoms with Gasteiger partial charge in [0.1, 0.15) is 5.69 Å². The van der Waals surface area contributed by atoms with Gasteiger partial charge in [-0.3, -0.25) is 10.4 Å². The minimum atomic E-state index is 0.788. The highest BCUT2D eigenvalue weighted by molar-refractivity contribution is 6.05. The molecule has 0 saturated heterocycles. The van der Waals surface area contributed by atoms with Crippen LogP contribution in [0.2, 0.25) is 0 Å². The SMILES string of the molecule is c1ccc(Nn2c(-c3cc4ccccc4cn3)nc3ccc4ccccc4c32)cc1. The van der Waals surface area contributed by atoms with Crippen LogP contribution in [0.5, 0.6) is 0 Å². The van der Waals surface area contributed by atoms with E-state index >= 15 is 0 Å². The molecule has 2 aromatic heterocycles. The van der Waals surface area contributed by atoms with Crippen molar-refractivity contribution in [3.05, 3.63) is 103 Å². The third-order valence-corrected chi connectivity index (χ3v) is 5.42. The molecule has 2 heterocycles. The average molecular weight is 386 g/mol. The quantitative estimate of drug-likeness (QED) is 0.389. The van der Waals surface area contributed by atoms with Crippen LogP contribution in [0.4, 0.5) is 5.69 Å². The van der Waals surface area contributed by atoms with Gasteiger partial charge in [0.2, 0.25) is 0 Å². The average Bonchev–Trinajstić information content (AvgIpc) is 3.18. The Bertz CT molecular complexity index is 1520. The Morgan fingerprint density at radius 2 is 1.40 bits per heavy atom. The number of fused-ring (bicyclic) bond motifs is 4. The molecule has 0 spiro atoms. The van der Waals surface area contributed by atoms with Crippen molar-refractivity contribution < 1.29 is 0 Å². The summed E-state index contributed by atoms with van der Waals surface area (Å²) < 4.78 is 2.06. The molecule has 4 aromatic carbocycles. The van der Waals surface area contributed by atoms with Crippen molar-refractivity contribution >= 4 is 38.3 Å². The molecule has 0 saturated carbocycles. The summed E-state index contributed by atoms with van der Waals surface area (Å²) in [6.07, 6.45) is 1.91. The number of aromatic nitrogens is 3. The van der Waals surface area contributed by atoms with Crippen molar-refractivity contribution in [1.82, 2.24) is 14.6 Å². The van der Waals surface area contributed by atoms with E-state index in [9.17, 15) is 0 Å². The molecule has 0 amide bonds. The van der Waals surface area contributed by atoms with E-state index in [1.165, 1.54) is 5.39 Å². The van der Waals surface area contributed by atoms with Gasteiger partial charge in [0, 0.05) is 17.0 Å². The molecule has 142 valence electrons. The molecular weight excluding hydrogens is 368 g/mol. The predicted octanol–water partition coefficient (Wildman–Crippen LogP) is 6.28. The van der Waals surface area contributed by atoms with Crippen LogP contribution in [0.15, 0.2) is 103 Å². The molecule has 0 fully saturated rings. The zero-order valence-electron chi connectivity index (χ0n) is 16.2. The Labute approximate surface area is 173 Å². The predicted molar refractivity (Wildman–Crippen MR) is 123 cm³/mol. The fourth-order valence-electron chi connectivity index (χ4n) is 3.97. The van der Waals surface area contributed by atoms with Gasteiger partial charge in [0.05, 0.1) is 16.7 Å². The van der Waals surface area contributed by atoms with Gasteiger partial charge < -0.3 is 0 Å². The number of rotatable bonds is 3. The second-order valence-corrected chi connectivity index (χ2v) is 7.32. The van der Waals surface area contributed by atoms with E-state index in [0.29, 0.717) is 0 Å². The van der Waals surface area contributed by atoms with Gasteiger partial charge in [0.15, 0.2) is 5.82 Å². The first-order chi connectivity index (χ1) is 14.9. The van der Waals surface area contributed by atoms with Crippen LogP contribution < -0.4 is 5.43 Å². The smallest absolute Gasteiger partial charge is 0.178 e. The molecule has 0 radical (unpaired) electrons. The van der Waals surface area contributed by atoms with E-state index in [0.717, 1.165) is 44.4 Å². The Morgan fingerprint density at radius 3 is 2.27 bits per heavy atom. The zero-order chi connectivity index (χ0) is 19.9. The number of benzene rings is 4. The summed E-state index contributed by atoms with van der Waals surface area (Å²) in [5.74, 6) is 0.788. The van der Waals surface area contributed by atoms with Gasteiger partial charge in [-0.1, -0.05) is 72.8 Å². The number of para-hydroxylation sites is 1. The maximum Gasteiger partial charge on any atom is 0.178 e. The van der Waals surface area contributed by atoms with E-state index in [2.05, 4.69) is 76.8 Å². The largest absolute Gasteiger partial charge is 0.292 e. The van der Waals surface area contributed by atoms with Crippen molar-refractivity contribution in [1.29, 1.82) is 0 Å². The standard InChI is InChI=1S/C26H18N4/c1-2-11-21(12-3-1)29-30-25-22-13-7-6-8-18(22)14-15-23(25)28-26(30)24-16-19-9-4-5-10-20(19)17-27-24/h1-17,29H. The molecule has 4 nitrogen and oxygen atoms in total. The zero-order valence-corrected chi connectivity index (χ0v) is 16.2. The van der Waals surface area contributed by atoms with Crippen LogP contribution in [-0.4, -0.2) is 14.6 Å². The number of nitrogens with one attached hydrogen (secondary N) is 1. The van der Waals surface area contributed by atoms with Gasteiger partial charge >= 0.3 is 0 Å². The summed E-state index contributed by atoms with van der Waals surface area (Å²) in [6, 6.07) is 33.1. The van der Waals surface area contributed by atoms with Crippen LogP contribution in [0.25, 0.3) is 44.1 Å². The normalized spacial score (nSPS) is 11.3. The summed E-state index contributed by atoms with van der Waals surface area (Å²) in [5.41, 5.74) is 7.35. The van der Waals surface area contributed by atoms with E-state index in [1.54, 1.807) is 0 Å². The summed E-state index contributed by atoms with van der Waals surface area (Å²) in [7, 11) is 0. The number of imidazole rings is 1. The summed E-state index contributed by atoms with van der Waals surface area (Å²) in [6.45, 7) is 0. The minimum absolute atomic E-state index is 0.788. The number of hydrogen-bond donors (Lipinski definition) is 1. The minimum Gasteiger partial charge on any atom is -0.292 e. The number of pyridine rings is 1. The lowest BCUT2D eigenvalue weighted by Crippen LogP contribution is -2.11. The van der Waals surface area contributed by atoms with Gasteiger partial charge in [-0.25, -0.2) is 9.66 Å². The van der Waals surface area contributed by atoms with Gasteiger partial charge in [-0.15, -0.1) is 0 Å². The van der Waals surface area contributed by atoms with Crippen LogP contribution in [-0.2, 0) is 0 Å². The van der Waals surface area contributed by atoms with Gasteiger partial charge in [-0.2, -0.15) is 0 Å². The second-order valence-electron chi connectivity index (χ2n) is 7.32. The molecule has 6 rings (SSSR count). The Morgan fingerprint density at radius 1 is 0.667 bits per heavy atom. The topological polar surface area (TPSA) is 42.7 Å². The van der Waals surface area contributed by atoms with E-state index in [4.69, 9.17) is 9.97 Å². The number of nitrogens with zero attached hydrogens (tertiary/aromatic N) is 3. The second kappa shape index (κ2) is 6.71. The molecule has 4 heteroatoms.